The topological polar surface area (TPSA) is 52.2 Å². The molecule has 0 saturated heterocycles. The van der Waals surface area contributed by atoms with Crippen molar-refractivity contribution in [1.82, 2.24) is 4.57 Å². The Balaban J connectivity index is 1.82. The highest BCUT2D eigenvalue weighted by molar-refractivity contribution is 5.82. The number of hydrogen-bond donors (Lipinski definition) is 0. The van der Waals surface area contributed by atoms with E-state index in [1.54, 1.807) is 36.4 Å². The fraction of sp³-hybridized carbons (Fsp3) is 0.125. The number of benzene rings is 2. The van der Waals surface area contributed by atoms with Crippen molar-refractivity contribution in [3.63, 3.8) is 0 Å². The molecule has 0 fully saturated rings. The van der Waals surface area contributed by atoms with E-state index < -0.39 is 5.76 Å². The van der Waals surface area contributed by atoms with Crippen LogP contribution in [0.4, 0.5) is 4.39 Å². The van der Waals surface area contributed by atoms with Gasteiger partial charge in [0.2, 0.25) is 0 Å². The van der Waals surface area contributed by atoms with Gasteiger partial charge < -0.3 is 4.42 Å². The largest absolute Gasteiger partial charge is 0.420 e. The fourth-order valence-corrected chi connectivity index (χ4v) is 2.23. The lowest BCUT2D eigenvalue weighted by molar-refractivity contribution is -0.119. The average Bonchev–Trinajstić information content (AvgIpc) is 2.78. The molecular weight excluding hydrogens is 273 g/mol. The Hall–Kier alpha value is -2.69. The van der Waals surface area contributed by atoms with E-state index in [1.807, 2.05) is 0 Å². The van der Waals surface area contributed by atoms with Crippen molar-refractivity contribution in [2.24, 2.45) is 0 Å². The van der Waals surface area contributed by atoms with Gasteiger partial charge in [-0.25, -0.2) is 9.18 Å². The Morgan fingerprint density at radius 1 is 1.10 bits per heavy atom. The summed E-state index contributed by atoms with van der Waals surface area (Å²) in [5, 5.41) is 0. The van der Waals surface area contributed by atoms with Crippen LogP contribution >= 0.6 is 0 Å². The zero-order valence-electron chi connectivity index (χ0n) is 11.1. The first-order valence-electron chi connectivity index (χ1n) is 6.48. The minimum atomic E-state index is -0.552. The maximum atomic E-state index is 12.8. The Bertz CT molecular complexity index is 846. The number of para-hydroxylation sites is 2. The fourth-order valence-electron chi connectivity index (χ4n) is 2.23. The molecule has 4 nitrogen and oxygen atoms in total. The summed E-state index contributed by atoms with van der Waals surface area (Å²) >= 11 is 0. The lowest BCUT2D eigenvalue weighted by Crippen LogP contribution is -2.21. The number of rotatable bonds is 4. The smallest absolute Gasteiger partial charge is 0.408 e. The minimum Gasteiger partial charge on any atom is -0.408 e. The number of aromatic nitrogens is 1. The van der Waals surface area contributed by atoms with Gasteiger partial charge in [-0.3, -0.25) is 9.36 Å². The standard InChI is InChI=1S/C16H12FNO3/c17-12-7-5-11(6-8-12)9-13(19)10-18-14-3-1-2-4-15(14)21-16(18)20/h1-8H,9-10H2. The van der Waals surface area contributed by atoms with Crippen molar-refractivity contribution in [1.29, 1.82) is 0 Å². The van der Waals surface area contributed by atoms with E-state index in [-0.39, 0.29) is 24.6 Å². The number of ketones is 1. The van der Waals surface area contributed by atoms with Crippen LogP contribution in [0, 0.1) is 5.82 Å². The molecule has 0 aliphatic carbocycles. The van der Waals surface area contributed by atoms with E-state index in [0.29, 0.717) is 16.7 Å². The second-order valence-corrected chi connectivity index (χ2v) is 4.76. The maximum absolute atomic E-state index is 12.8. The summed E-state index contributed by atoms with van der Waals surface area (Å²) in [4.78, 5) is 23.8. The van der Waals surface area contributed by atoms with Crippen LogP contribution in [-0.2, 0) is 17.8 Å². The van der Waals surface area contributed by atoms with Crippen molar-refractivity contribution >= 4 is 16.9 Å². The molecule has 0 atom stereocenters. The molecule has 0 saturated carbocycles. The quantitative estimate of drug-likeness (QED) is 0.740. The number of carbonyl (C=O) groups is 1. The Morgan fingerprint density at radius 2 is 1.81 bits per heavy atom. The first kappa shape index (κ1) is 13.3. The van der Waals surface area contributed by atoms with Crippen molar-refractivity contribution in [2.75, 3.05) is 0 Å². The van der Waals surface area contributed by atoms with Crippen LogP contribution in [0.1, 0.15) is 5.56 Å². The van der Waals surface area contributed by atoms with Crippen LogP contribution in [0.15, 0.2) is 57.7 Å². The van der Waals surface area contributed by atoms with Gasteiger partial charge in [0.15, 0.2) is 11.4 Å². The molecule has 0 radical (unpaired) electrons. The predicted octanol–water partition coefficient (Wildman–Crippen LogP) is 2.55. The molecule has 0 bridgehead atoms. The van der Waals surface area contributed by atoms with Gasteiger partial charge in [0.05, 0.1) is 12.1 Å². The highest BCUT2D eigenvalue weighted by Crippen LogP contribution is 2.12. The summed E-state index contributed by atoms with van der Waals surface area (Å²) in [6, 6.07) is 12.7. The van der Waals surface area contributed by atoms with E-state index in [1.165, 1.54) is 16.7 Å². The summed E-state index contributed by atoms with van der Waals surface area (Å²) in [5.74, 6) is -1.04. The van der Waals surface area contributed by atoms with E-state index in [9.17, 15) is 14.0 Å². The van der Waals surface area contributed by atoms with Gasteiger partial charge >= 0.3 is 5.76 Å². The van der Waals surface area contributed by atoms with Crippen LogP contribution < -0.4 is 5.76 Å². The van der Waals surface area contributed by atoms with Gasteiger partial charge in [-0.1, -0.05) is 24.3 Å². The highest BCUT2D eigenvalue weighted by atomic mass is 19.1. The molecule has 1 heterocycles. The summed E-state index contributed by atoms with van der Waals surface area (Å²) in [6.45, 7) is -0.0623. The van der Waals surface area contributed by atoms with Crippen LogP contribution in [0.2, 0.25) is 0 Å². The Morgan fingerprint density at radius 3 is 2.57 bits per heavy atom. The van der Waals surface area contributed by atoms with Gasteiger partial charge in [0.25, 0.3) is 0 Å². The number of carbonyl (C=O) groups excluding carboxylic acids is 1. The predicted molar refractivity (Wildman–Crippen MR) is 75.6 cm³/mol. The second-order valence-electron chi connectivity index (χ2n) is 4.76. The first-order chi connectivity index (χ1) is 10.1. The number of fused-ring (bicyclic) bond motifs is 1. The second kappa shape index (κ2) is 5.36. The third kappa shape index (κ3) is 2.76. The van der Waals surface area contributed by atoms with Crippen molar-refractivity contribution in [2.45, 2.75) is 13.0 Å². The molecule has 2 aromatic carbocycles. The molecule has 0 aliphatic rings. The molecular formula is C16H12FNO3. The van der Waals surface area contributed by atoms with Crippen molar-refractivity contribution in [3.05, 3.63) is 70.5 Å². The lowest BCUT2D eigenvalue weighted by Gasteiger charge is -2.02. The molecule has 0 amide bonds. The lowest BCUT2D eigenvalue weighted by atomic mass is 10.1. The molecule has 0 unspecified atom stereocenters. The van der Waals surface area contributed by atoms with E-state index in [0.717, 1.165) is 0 Å². The average molecular weight is 285 g/mol. The summed E-state index contributed by atoms with van der Waals surface area (Å²) < 4.78 is 19.2. The van der Waals surface area contributed by atoms with Crippen LogP contribution in [0.25, 0.3) is 11.1 Å². The van der Waals surface area contributed by atoms with Crippen LogP contribution in [-0.4, -0.2) is 10.4 Å². The van der Waals surface area contributed by atoms with Gasteiger partial charge in [-0.15, -0.1) is 0 Å². The summed E-state index contributed by atoms with van der Waals surface area (Å²) in [7, 11) is 0. The first-order valence-corrected chi connectivity index (χ1v) is 6.48. The SMILES string of the molecule is O=C(Cc1ccc(F)cc1)Cn1c(=O)oc2ccccc21. The highest BCUT2D eigenvalue weighted by Gasteiger charge is 2.12. The molecule has 106 valence electrons. The maximum Gasteiger partial charge on any atom is 0.420 e. The van der Waals surface area contributed by atoms with Gasteiger partial charge in [-0.2, -0.15) is 0 Å². The van der Waals surface area contributed by atoms with Crippen LogP contribution in [0.3, 0.4) is 0 Å². The molecule has 21 heavy (non-hydrogen) atoms. The molecule has 3 aromatic rings. The van der Waals surface area contributed by atoms with Gasteiger partial charge in [0.1, 0.15) is 5.82 Å². The number of nitrogens with zero attached hydrogens (tertiary/aromatic N) is 1. The summed E-state index contributed by atoms with van der Waals surface area (Å²) in [6.07, 6.45) is 0.145. The Kier molecular flexibility index (Phi) is 3.39. The normalized spacial score (nSPS) is 10.9. The molecule has 0 spiro atoms. The molecule has 5 heteroatoms. The van der Waals surface area contributed by atoms with E-state index in [4.69, 9.17) is 4.42 Å². The molecule has 3 rings (SSSR count). The number of halogens is 1. The van der Waals surface area contributed by atoms with E-state index in [2.05, 4.69) is 0 Å². The van der Waals surface area contributed by atoms with Crippen molar-refractivity contribution in [3.8, 4) is 0 Å². The van der Waals surface area contributed by atoms with Crippen LogP contribution in [0.5, 0.6) is 0 Å². The van der Waals surface area contributed by atoms with Gasteiger partial charge in [-0.05, 0) is 29.8 Å². The van der Waals surface area contributed by atoms with E-state index >= 15 is 0 Å². The van der Waals surface area contributed by atoms with Gasteiger partial charge in [0, 0.05) is 6.42 Å². The zero-order chi connectivity index (χ0) is 14.8. The Labute approximate surface area is 119 Å². The number of hydrogen-bond acceptors (Lipinski definition) is 3. The zero-order valence-corrected chi connectivity index (χ0v) is 11.1. The molecule has 0 aliphatic heterocycles. The third-order valence-corrected chi connectivity index (χ3v) is 3.22. The number of oxazole rings is 1. The van der Waals surface area contributed by atoms with Crippen molar-refractivity contribution < 1.29 is 13.6 Å². The molecule has 1 aromatic heterocycles. The third-order valence-electron chi connectivity index (χ3n) is 3.22. The monoisotopic (exact) mass is 285 g/mol. The summed E-state index contributed by atoms with van der Waals surface area (Å²) in [5.41, 5.74) is 1.76. The minimum absolute atomic E-state index is 0.0623. The number of Topliss-reactive ketones (excluding diaryl/α,β-unsaturated/α-hetero) is 1. The molecule has 0 N–H and O–H groups in total.